The lowest BCUT2D eigenvalue weighted by Gasteiger charge is -2.11. The van der Waals surface area contributed by atoms with E-state index in [0.29, 0.717) is 5.92 Å². The number of aromatic nitrogens is 2. The summed E-state index contributed by atoms with van der Waals surface area (Å²) in [5.74, 6) is 0.450. The van der Waals surface area contributed by atoms with Crippen molar-refractivity contribution in [3.8, 4) is 0 Å². The second-order valence-electron chi connectivity index (χ2n) is 5.87. The Labute approximate surface area is 129 Å². The van der Waals surface area contributed by atoms with E-state index in [1.165, 1.54) is 27.4 Å². The van der Waals surface area contributed by atoms with Crippen LogP contribution in [0.4, 0.5) is 0 Å². The normalized spacial score (nSPS) is 12.8. The largest absolute Gasteiger partial charge is 0.353 e. The number of hydrogen-bond acceptors (Lipinski definition) is 1. The summed E-state index contributed by atoms with van der Waals surface area (Å²) < 4.78 is 0. The van der Waals surface area contributed by atoms with Crippen LogP contribution in [0.25, 0.3) is 21.8 Å². The molecule has 2 aromatic carbocycles. The van der Waals surface area contributed by atoms with Gasteiger partial charge >= 0.3 is 0 Å². The van der Waals surface area contributed by atoms with Crippen LogP contribution < -0.4 is 0 Å². The second kappa shape index (κ2) is 5.30. The Morgan fingerprint density at radius 3 is 2.55 bits per heavy atom. The minimum absolute atomic E-state index is 0.450. The van der Waals surface area contributed by atoms with E-state index in [-0.39, 0.29) is 0 Å². The molecule has 2 heteroatoms. The maximum absolute atomic E-state index is 4.64. The van der Waals surface area contributed by atoms with Crippen LogP contribution in [0.5, 0.6) is 0 Å². The number of benzene rings is 2. The third-order valence-corrected chi connectivity index (χ3v) is 4.37. The Kier molecular flexibility index (Phi) is 3.15. The molecule has 0 spiro atoms. The van der Waals surface area contributed by atoms with E-state index in [0.717, 1.165) is 12.1 Å². The SMILES string of the molecule is CC(Cc1nccc2c1[nH]c1ccccc12)c1ccccc1. The molecule has 0 aliphatic heterocycles. The monoisotopic (exact) mass is 286 g/mol. The number of para-hydroxylation sites is 1. The Morgan fingerprint density at radius 1 is 0.909 bits per heavy atom. The van der Waals surface area contributed by atoms with Crippen LogP contribution in [0, 0.1) is 0 Å². The highest BCUT2D eigenvalue weighted by Gasteiger charge is 2.12. The van der Waals surface area contributed by atoms with Crippen molar-refractivity contribution in [2.75, 3.05) is 0 Å². The number of aromatic amines is 1. The molecule has 1 N–H and O–H groups in total. The third-order valence-electron chi connectivity index (χ3n) is 4.37. The lowest BCUT2D eigenvalue weighted by atomic mass is 9.95. The topological polar surface area (TPSA) is 28.7 Å². The average molecular weight is 286 g/mol. The molecule has 2 aromatic heterocycles. The lowest BCUT2D eigenvalue weighted by Crippen LogP contribution is -2.01. The van der Waals surface area contributed by atoms with Crippen LogP contribution in [0.1, 0.15) is 24.1 Å². The lowest BCUT2D eigenvalue weighted by molar-refractivity contribution is 0.745. The fourth-order valence-corrected chi connectivity index (χ4v) is 3.17. The standard InChI is InChI=1S/C20H18N2/c1-14(15-7-3-2-4-8-15)13-19-20-17(11-12-21-19)16-9-5-6-10-18(16)22-20/h2-12,14,22H,13H2,1H3. The maximum atomic E-state index is 4.64. The minimum Gasteiger partial charge on any atom is -0.353 e. The first-order chi connectivity index (χ1) is 10.8. The molecule has 22 heavy (non-hydrogen) atoms. The number of hydrogen-bond donors (Lipinski definition) is 1. The van der Waals surface area contributed by atoms with Crippen LogP contribution >= 0.6 is 0 Å². The van der Waals surface area contributed by atoms with Crippen LogP contribution in [-0.4, -0.2) is 9.97 Å². The van der Waals surface area contributed by atoms with Gasteiger partial charge in [-0.25, -0.2) is 0 Å². The van der Waals surface area contributed by atoms with E-state index >= 15 is 0 Å². The highest BCUT2D eigenvalue weighted by Crippen LogP contribution is 2.29. The number of fused-ring (bicyclic) bond motifs is 3. The number of pyridine rings is 1. The van der Waals surface area contributed by atoms with E-state index < -0.39 is 0 Å². The van der Waals surface area contributed by atoms with Gasteiger partial charge in [0.2, 0.25) is 0 Å². The summed E-state index contributed by atoms with van der Waals surface area (Å²) >= 11 is 0. The fourth-order valence-electron chi connectivity index (χ4n) is 3.17. The summed E-state index contributed by atoms with van der Waals surface area (Å²) in [5.41, 5.74) is 4.85. The molecule has 4 aromatic rings. The smallest absolute Gasteiger partial charge is 0.0684 e. The first-order valence-corrected chi connectivity index (χ1v) is 7.72. The second-order valence-corrected chi connectivity index (χ2v) is 5.87. The van der Waals surface area contributed by atoms with E-state index in [9.17, 15) is 0 Å². The van der Waals surface area contributed by atoms with Crippen molar-refractivity contribution >= 4 is 21.8 Å². The van der Waals surface area contributed by atoms with Crippen LogP contribution in [0.15, 0.2) is 66.9 Å². The van der Waals surface area contributed by atoms with Crippen molar-refractivity contribution in [3.63, 3.8) is 0 Å². The molecule has 0 aliphatic rings. The van der Waals surface area contributed by atoms with Crippen molar-refractivity contribution < 1.29 is 0 Å². The minimum atomic E-state index is 0.450. The number of nitrogens with one attached hydrogen (secondary N) is 1. The van der Waals surface area contributed by atoms with Gasteiger partial charge in [0.15, 0.2) is 0 Å². The summed E-state index contributed by atoms with van der Waals surface area (Å²) in [6.45, 7) is 2.26. The van der Waals surface area contributed by atoms with Gasteiger partial charge in [-0.05, 0) is 30.0 Å². The third kappa shape index (κ3) is 2.17. The van der Waals surface area contributed by atoms with Gasteiger partial charge in [0.25, 0.3) is 0 Å². The molecular weight excluding hydrogens is 268 g/mol. The zero-order valence-corrected chi connectivity index (χ0v) is 12.6. The van der Waals surface area contributed by atoms with Crippen LogP contribution in [0.2, 0.25) is 0 Å². The zero-order chi connectivity index (χ0) is 14.9. The van der Waals surface area contributed by atoms with Gasteiger partial charge in [-0.15, -0.1) is 0 Å². The van der Waals surface area contributed by atoms with Gasteiger partial charge in [0.1, 0.15) is 0 Å². The predicted octanol–water partition coefficient (Wildman–Crippen LogP) is 5.06. The van der Waals surface area contributed by atoms with Gasteiger partial charge in [-0.3, -0.25) is 4.98 Å². The molecule has 0 saturated carbocycles. The van der Waals surface area contributed by atoms with Crippen molar-refractivity contribution in [1.29, 1.82) is 0 Å². The Hall–Kier alpha value is -2.61. The maximum Gasteiger partial charge on any atom is 0.0684 e. The van der Waals surface area contributed by atoms with E-state index in [4.69, 9.17) is 0 Å². The van der Waals surface area contributed by atoms with Crippen LogP contribution in [0.3, 0.4) is 0 Å². The molecular formula is C20H18N2. The molecule has 4 rings (SSSR count). The highest BCUT2D eigenvalue weighted by molar-refractivity contribution is 6.07. The van der Waals surface area contributed by atoms with E-state index in [1.54, 1.807) is 0 Å². The van der Waals surface area contributed by atoms with Gasteiger partial charge in [0.05, 0.1) is 11.2 Å². The zero-order valence-electron chi connectivity index (χ0n) is 12.6. The Bertz CT molecular complexity index is 922. The molecule has 0 bridgehead atoms. The molecule has 2 heterocycles. The Morgan fingerprint density at radius 2 is 1.68 bits per heavy atom. The van der Waals surface area contributed by atoms with Crippen molar-refractivity contribution in [2.45, 2.75) is 19.3 Å². The fraction of sp³-hybridized carbons (Fsp3) is 0.150. The summed E-state index contributed by atoms with van der Waals surface area (Å²) in [5, 5.41) is 2.54. The summed E-state index contributed by atoms with van der Waals surface area (Å²) in [7, 11) is 0. The molecule has 108 valence electrons. The first kappa shape index (κ1) is 13.1. The van der Waals surface area contributed by atoms with Gasteiger partial charge in [0, 0.05) is 22.5 Å². The number of rotatable bonds is 3. The molecule has 1 atom stereocenters. The average Bonchev–Trinajstić information content (AvgIpc) is 2.95. The number of H-pyrrole nitrogens is 1. The van der Waals surface area contributed by atoms with E-state index in [1.807, 2.05) is 6.20 Å². The summed E-state index contributed by atoms with van der Waals surface area (Å²) in [4.78, 5) is 8.18. The van der Waals surface area contributed by atoms with Crippen molar-refractivity contribution in [1.82, 2.24) is 9.97 Å². The van der Waals surface area contributed by atoms with Crippen LogP contribution in [-0.2, 0) is 6.42 Å². The summed E-state index contributed by atoms with van der Waals surface area (Å²) in [6.07, 6.45) is 2.86. The first-order valence-electron chi connectivity index (χ1n) is 7.72. The van der Waals surface area contributed by atoms with Gasteiger partial charge < -0.3 is 4.98 Å². The van der Waals surface area contributed by atoms with E-state index in [2.05, 4.69) is 77.6 Å². The molecule has 1 unspecified atom stereocenters. The van der Waals surface area contributed by atoms with Gasteiger partial charge in [-0.1, -0.05) is 55.5 Å². The summed E-state index contributed by atoms with van der Waals surface area (Å²) in [6, 6.07) is 21.2. The highest BCUT2D eigenvalue weighted by atomic mass is 14.8. The quantitative estimate of drug-likeness (QED) is 0.560. The molecule has 0 aliphatic carbocycles. The Balaban J connectivity index is 1.79. The molecule has 2 nitrogen and oxygen atoms in total. The predicted molar refractivity (Wildman–Crippen MR) is 92.2 cm³/mol. The molecule has 0 amide bonds. The number of nitrogens with zero attached hydrogens (tertiary/aromatic N) is 1. The molecule has 0 fully saturated rings. The van der Waals surface area contributed by atoms with Gasteiger partial charge in [-0.2, -0.15) is 0 Å². The van der Waals surface area contributed by atoms with Crippen molar-refractivity contribution in [3.05, 3.63) is 78.1 Å². The van der Waals surface area contributed by atoms with Crippen molar-refractivity contribution in [2.24, 2.45) is 0 Å². The molecule has 0 radical (unpaired) electrons. The molecule has 0 saturated heterocycles.